The molecule has 0 aliphatic rings. The molecule has 0 aliphatic heterocycles. The summed E-state index contributed by atoms with van der Waals surface area (Å²) >= 11 is 0. The van der Waals surface area contributed by atoms with Crippen molar-refractivity contribution in [2.45, 2.75) is 26.4 Å². The first-order valence-electron chi connectivity index (χ1n) is 7.75. The minimum atomic E-state index is -5.20. The van der Waals surface area contributed by atoms with E-state index in [9.17, 15) is 31.1 Å². The summed E-state index contributed by atoms with van der Waals surface area (Å²) < 4.78 is 79.5. The summed E-state index contributed by atoms with van der Waals surface area (Å²) in [5.74, 6) is -2.81. The number of hydrazone groups is 1. The van der Waals surface area contributed by atoms with E-state index in [4.69, 9.17) is 0 Å². The van der Waals surface area contributed by atoms with Crippen LogP contribution in [0.4, 0.5) is 32.0 Å². The lowest BCUT2D eigenvalue weighted by Crippen LogP contribution is -2.38. The van der Waals surface area contributed by atoms with Gasteiger partial charge in [-0.3, -0.25) is 4.79 Å². The van der Waals surface area contributed by atoms with Crippen LogP contribution < -0.4 is 9.75 Å². The number of benzene rings is 2. The predicted octanol–water partition coefficient (Wildman–Crippen LogP) is 5.13. The number of ether oxygens (including phenoxy) is 1. The number of halogens is 6. The third-order valence-corrected chi connectivity index (χ3v) is 3.43. The molecule has 0 radical (unpaired) electrons. The Hall–Kier alpha value is -3.04. The summed E-state index contributed by atoms with van der Waals surface area (Å²) in [6.07, 6.45) is -9.28. The van der Waals surface area contributed by atoms with Crippen molar-refractivity contribution in [3.05, 3.63) is 59.2 Å². The van der Waals surface area contributed by atoms with Crippen LogP contribution in [0.5, 0.6) is 5.75 Å². The van der Waals surface area contributed by atoms with Gasteiger partial charge >= 0.3 is 18.4 Å². The van der Waals surface area contributed by atoms with Gasteiger partial charge in [0.2, 0.25) is 0 Å². The molecule has 0 N–H and O–H groups in total. The van der Waals surface area contributed by atoms with E-state index in [-0.39, 0.29) is 16.3 Å². The van der Waals surface area contributed by atoms with E-state index in [2.05, 4.69) is 9.84 Å². The van der Waals surface area contributed by atoms with Crippen molar-refractivity contribution in [1.82, 2.24) is 0 Å². The van der Waals surface area contributed by atoms with Crippen LogP contribution >= 0.6 is 0 Å². The van der Waals surface area contributed by atoms with E-state index in [0.29, 0.717) is 5.56 Å². The molecule has 1 amide bonds. The summed E-state index contributed by atoms with van der Waals surface area (Å²) in [4.78, 5) is 11.8. The number of hydrogen-bond donors (Lipinski definition) is 0. The second-order valence-corrected chi connectivity index (χ2v) is 5.77. The number of nitrogens with zero attached hydrogens (tertiary/aromatic N) is 2. The van der Waals surface area contributed by atoms with Crippen molar-refractivity contribution >= 4 is 17.8 Å². The number of hydrogen-bond acceptors (Lipinski definition) is 3. The Morgan fingerprint density at radius 1 is 1.04 bits per heavy atom. The van der Waals surface area contributed by atoms with Crippen molar-refractivity contribution in [2.24, 2.45) is 5.10 Å². The molecule has 4 nitrogen and oxygen atoms in total. The van der Waals surface area contributed by atoms with Crippen molar-refractivity contribution in [3.63, 3.8) is 0 Å². The second kappa shape index (κ2) is 7.91. The standard InChI is InChI=1S/C18H14F6N2O2/c1-11-6-7-15(12(2)8-11)26(16(27)17(19,20)21)25-10-13-4-3-5-14(9-13)28-18(22,23)24/h3-10H,1-2H3/b25-10-. The SMILES string of the molecule is Cc1ccc(N(/N=C\c2cccc(OC(F)(F)F)c2)C(=O)C(F)(F)F)c(C)c1. The average Bonchev–Trinajstić information content (AvgIpc) is 2.54. The number of aryl methyl sites for hydroxylation is 2. The summed E-state index contributed by atoms with van der Waals surface area (Å²) in [5.41, 5.74) is 1.03. The zero-order chi connectivity index (χ0) is 21.1. The number of rotatable bonds is 4. The van der Waals surface area contributed by atoms with Gasteiger partial charge in [0.05, 0.1) is 11.9 Å². The highest BCUT2D eigenvalue weighted by Gasteiger charge is 2.43. The van der Waals surface area contributed by atoms with Crippen LogP contribution in [0.1, 0.15) is 16.7 Å². The van der Waals surface area contributed by atoms with Crippen LogP contribution in [0.25, 0.3) is 0 Å². The van der Waals surface area contributed by atoms with E-state index < -0.39 is 24.2 Å². The van der Waals surface area contributed by atoms with Crippen molar-refractivity contribution in [2.75, 3.05) is 5.01 Å². The highest BCUT2D eigenvalue weighted by atomic mass is 19.4. The lowest BCUT2D eigenvalue weighted by Gasteiger charge is -2.20. The zero-order valence-corrected chi connectivity index (χ0v) is 14.6. The van der Waals surface area contributed by atoms with E-state index in [0.717, 1.165) is 23.9 Å². The Morgan fingerprint density at radius 3 is 2.29 bits per heavy atom. The Morgan fingerprint density at radius 2 is 1.71 bits per heavy atom. The van der Waals surface area contributed by atoms with Gasteiger partial charge < -0.3 is 4.74 Å². The third-order valence-electron chi connectivity index (χ3n) is 3.43. The third kappa shape index (κ3) is 5.73. The number of carbonyl (C=O) groups is 1. The van der Waals surface area contributed by atoms with Gasteiger partial charge in [0, 0.05) is 0 Å². The molecule has 0 spiro atoms. The van der Waals surface area contributed by atoms with Crippen LogP contribution in [0.15, 0.2) is 47.6 Å². The largest absolute Gasteiger partial charge is 0.573 e. The number of carbonyl (C=O) groups excluding carboxylic acids is 1. The normalized spacial score (nSPS) is 12.3. The summed E-state index contributed by atoms with van der Waals surface area (Å²) in [6, 6.07) is 8.82. The highest BCUT2D eigenvalue weighted by Crippen LogP contribution is 2.28. The van der Waals surface area contributed by atoms with Crippen LogP contribution in [-0.4, -0.2) is 24.7 Å². The first-order chi connectivity index (χ1) is 12.9. The minimum absolute atomic E-state index is 0.00601. The molecular weight excluding hydrogens is 390 g/mol. The van der Waals surface area contributed by atoms with Gasteiger partial charge in [0.15, 0.2) is 0 Å². The van der Waals surface area contributed by atoms with Gasteiger partial charge in [-0.05, 0) is 43.2 Å². The van der Waals surface area contributed by atoms with Crippen LogP contribution in [0.2, 0.25) is 0 Å². The highest BCUT2D eigenvalue weighted by molar-refractivity contribution is 5.99. The fourth-order valence-corrected chi connectivity index (χ4v) is 2.30. The zero-order valence-electron chi connectivity index (χ0n) is 14.6. The van der Waals surface area contributed by atoms with Crippen LogP contribution in [0, 0.1) is 13.8 Å². The molecule has 0 fully saturated rings. The monoisotopic (exact) mass is 404 g/mol. The molecule has 150 valence electrons. The molecule has 10 heteroatoms. The molecule has 0 heterocycles. The van der Waals surface area contributed by atoms with Gasteiger partial charge in [-0.2, -0.15) is 23.3 Å². The summed E-state index contributed by atoms with van der Waals surface area (Å²) in [6.45, 7) is 3.23. The van der Waals surface area contributed by atoms with E-state index in [1.807, 2.05) is 0 Å². The molecule has 0 atom stereocenters. The van der Waals surface area contributed by atoms with E-state index in [1.54, 1.807) is 13.0 Å². The second-order valence-electron chi connectivity index (χ2n) is 5.77. The van der Waals surface area contributed by atoms with Gasteiger partial charge in [-0.1, -0.05) is 29.8 Å². The molecule has 0 aromatic heterocycles. The molecule has 0 saturated carbocycles. The van der Waals surface area contributed by atoms with Crippen molar-refractivity contribution in [3.8, 4) is 5.75 Å². The maximum Gasteiger partial charge on any atom is 0.573 e. The number of alkyl halides is 6. The minimum Gasteiger partial charge on any atom is -0.406 e. The van der Waals surface area contributed by atoms with Gasteiger partial charge in [-0.15, -0.1) is 13.2 Å². The molecule has 2 rings (SSSR count). The smallest absolute Gasteiger partial charge is 0.406 e. The maximum absolute atomic E-state index is 13.0. The predicted molar refractivity (Wildman–Crippen MR) is 90.2 cm³/mol. The molecular formula is C18H14F6N2O2. The molecule has 0 saturated heterocycles. The average molecular weight is 404 g/mol. The lowest BCUT2D eigenvalue weighted by atomic mass is 10.1. The Labute approximate surface area is 156 Å². The van der Waals surface area contributed by atoms with Gasteiger partial charge in [-0.25, -0.2) is 0 Å². The quantitative estimate of drug-likeness (QED) is 0.403. The Bertz CT molecular complexity index is 890. The maximum atomic E-state index is 13.0. The molecule has 0 aliphatic carbocycles. The molecule has 0 bridgehead atoms. The number of amides is 1. The molecule has 2 aromatic carbocycles. The molecule has 2 aromatic rings. The Kier molecular flexibility index (Phi) is 6.01. The topological polar surface area (TPSA) is 41.9 Å². The Balaban J connectivity index is 2.40. The summed E-state index contributed by atoms with van der Waals surface area (Å²) in [5, 5.41) is 3.72. The fourth-order valence-electron chi connectivity index (χ4n) is 2.30. The van der Waals surface area contributed by atoms with Crippen LogP contribution in [0.3, 0.4) is 0 Å². The van der Waals surface area contributed by atoms with Crippen molar-refractivity contribution in [1.29, 1.82) is 0 Å². The van der Waals surface area contributed by atoms with Crippen molar-refractivity contribution < 1.29 is 35.9 Å². The summed E-state index contributed by atoms with van der Waals surface area (Å²) in [7, 11) is 0. The molecule has 28 heavy (non-hydrogen) atoms. The van der Waals surface area contributed by atoms with E-state index >= 15 is 0 Å². The lowest BCUT2D eigenvalue weighted by molar-refractivity contribution is -0.274. The fraction of sp³-hybridized carbons (Fsp3) is 0.222. The first-order valence-corrected chi connectivity index (χ1v) is 7.75. The van der Waals surface area contributed by atoms with Crippen LogP contribution in [-0.2, 0) is 4.79 Å². The molecule has 0 unspecified atom stereocenters. The first kappa shape index (κ1) is 21.3. The van der Waals surface area contributed by atoms with Gasteiger partial charge in [0.1, 0.15) is 5.75 Å². The van der Waals surface area contributed by atoms with E-state index in [1.165, 1.54) is 31.2 Å². The number of anilines is 1. The van der Waals surface area contributed by atoms with Gasteiger partial charge in [0.25, 0.3) is 0 Å².